The van der Waals surface area contributed by atoms with Gasteiger partial charge in [0.05, 0.1) is 5.52 Å². The summed E-state index contributed by atoms with van der Waals surface area (Å²) in [6, 6.07) is 9.98. The van der Waals surface area contributed by atoms with E-state index in [1.165, 1.54) is 0 Å². The number of rotatable bonds is 2. The van der Waals surface area contributed by atoms with Gasteiger partial charge >= 0.3 is 0 Å². The van der Waals surface area contributed by atoms with Crippen molar-refractivity contribution in [3.8, 4) is 0 Å². The second-order valence-electron chi connectivity index (χ2n) is 6.35. The lowest BCUT2D eigenvalue weighted by atomic mass is 9.92. The first-order valence-electron chi connectivity index (χ1n) is 7.97. The minimum absolute atomic E-state index is 0.0270. The molecule has 22 heavy (non-hydrogen) atoms. The number of likely N-dealkylation sites (tertiary alicyclic amines) is 1. The molecule has 2 aromatic rings. The van der Waals surface area contributed by atoms with Crippen molar-refractivity contribution >= 4 is 16.8 Å². The first-order chi connectivity index (χ1) is 10.6. The first-order valence-corrected chi connectivity index (χ1v) is 7.97. The van der Waals surface area contributed by atoms with Gasteiger partial charge in [-0.05, 0) is 50.3 Å². The predicted molar refractivity (Wildman–Crippen MR) is 88.8 cm³/mol. The van der Waals surface area contributed by atoms with Crippen LogP contribution in [0.5, 0.6) is 0 Å². The largest absolute Gasteiger partial charge is 0.337 e. The third kappa shape index (κ3) is 2.83. The van der Waals surface area contributed by atoms with Crippen LogP contribution in [0.1, 0.15) is 35.8 Å². The molecule has 4 nitrogen and oxygen atoms in total. The van der Waals surface area contributed by atoms with Crippen LogP contribution in [0.3, 0.4) is 0 Å². The van der Waals surface area contributed by atoms with Gasteiger partial charge in [-0.1, -0.05) is 18.2 Å². The maximum Gasteiger partial charge on any atom is 0.272 e. The molecule has 1 aliphatic heterocycles. The number of pyridine rings is 1. The van der Waals surface area contributed by atoms with Crippen LogP contribution in [-0.2, 0) is 0 Å². The molecule has 1 aliphatic rings. The van der Waals surface area contributed by atoms with E-state index in [9.17, 15) is 4.79 Å². The van der Waals surface area contributed by atoms with Gasteiger partial charge < -0.3 is 10.6 Å². The van der Waals surface area contributed by atoms with Gasteiger partial charge in [0, 0.05) is 24.5 Å². The molecule has 2 N–H and O–H groups in total. The summed E-state index contributed by atoms with van der Waals surface area (Å²) in [4.78, 5) is 19.3. The normalized spacial score (nSPS) is 20.1. The average Bonchev–Trinajstić information content (AvgIpc) is 2.54. The lowest BCUT2D eigenvalue weighted by Crippen LogP contribution is -2.45. The summed E-state index contributed by atoms with van der Waals surface area (Å²) >= 11 is 0. The van der Waals surface area contributed by atoms with Crippen molar-refractivity contribution < 1.29 is 4.79 Å². The highest BCUT2D eigenvalue weighted by molar-refractivity contribution is 5.96. The topological polar surface area (TPSA) is 59.2 Å². The molecule has 116 valence electrons. The van der Waals surface area contributed by atoms with E-state index in [0.29, 0.717) is 11.6 Å². The molecule has 0 aliphatic carbocycles. The lowest BCUT2D eigenvalue weighted by molar-refractivity contribution is 0.0655. The van der Waals surface area contributed by atoms with E-state index < -0.39 is 0 Å². The van der Waals surface area contributed by atoms with Crippen molar-refractivity contribution in [2.75, 3.05) is 13.1 Å². The Balaban J connectivity index is 1.88. The molecule has 1 saturated heterocycles. The van der Waals surface area contributed by atoms with Crippen molar-refractivity contribution in [2.45, 2.75) is 32.7 Å². The molecule has 0 saturated carbocycles. The molecule has 1 amide bonds. The Morgan fingerprint density at radius 3 is 2.95 bits per heavy atom. The van der Waals surface area contributed by atoms with E-state index in [1.54, 1.807) is 0 Å². The number of nitrogens with zero attached hydrogens (tertiary/aromatic N) is 2. The SMILES string of the molecule is Cc1cc(C(=O)N2CCC[C@@H]([C@@H](C)N)C2)nc2ccccc12. The van der Waals surface area contributed by atoms with Crippen LogP contribution in [0.2, 0.25) is 0 Å². The first kappa shape index (κ1) is 15.0. The second-order valence-corrected chi connectivity index (χ2v) is 6.35. The Kier molecular flexibility index (Phi) is 4.12. The van der Waals surface area contributed by atoms with Crippen LogP contribution < -0.4 is 5.73 Å². The molecule has 3 rings (SSSR count). The fourth-order valence-corrected chi connectivity index (χ4v) is 3.24. The number of fused-ring (bicyclic) bond motifs is 1. The summed E-state index contributed by atoms with van der Waals surface area (Å²) in [5.74, 6) is 0.415. The fraction of sp³-hybridized carbons (Fsp3) is 0.444. The number of piperidine rings is 1. The van der Waals surface area contributed by atoms with E-state index >= 15 is 0 Å². The molecular weight excluding hydrogens is 274 g/mol. The zero-order chi connectivity index (χ0) is 15.7. The molecule has 0 unspecified atom stereocenters. The molecule has 4 heteroatoms. The Labute approximate surface area is 131 Å². The minimum atomic E-state index is 0.0270. The molecule has 0 radical (unpaired) electrons. The average molecular weight is 297 g/mol. The molecule has 0 spiro atoms. The Morgan fingerprint density at radius 1 is 1.41 bits per heavy atom. The second kappa shape index (κ2) is 6.05. The van der Waals surface area contributed by atoms with Gasteiger partial charge in [0.25, 0.3) is 5.91 Å². The van der Waals surface area contributed by atoms with Gasteiger partial charge in [-0.2, -0.15) is 0 Å². The van der Waals surface area contributed by atoms with Crippen molar-refractivity contribution in [3.05, 3.63) is 41.6 Å². The Hall–Kier alpha value is -1.94. The van der Waals surface area contributed by atoms with Crippen LogP contribution in [0.4, 0.5) is 0 Å². The standard InChI is InChI=1S/C18H23N3O/c1-12-10-17(20-16-8-4-3-7-15(12)16)18(22)21-9-5-6-14(11-21)13(2)19/h3-4,7-8,10,13-14H,5-6,9,11,19H2,1-2H3/t13-,14-/m1/s1. The van der Waals surface area contributed by atoms with Gasteiger partial charge in [0.1, 0.15) is 5.69 Å². The highest BCUT2D eigenvalue weighted by Gasteiger charge is 2.27. The molecule has 0 bridgehead atoms. The van der Waals surface area contributed by atoms with E-state index in [0.717, 1.165) is 42.4 Å². The van der Waals surface area contributed by atoms with Crippen molar-refractivity contribution in [1.82, 2.24) is 9.88 Å². The fourth-order valence-electron chi connectivity index (χ4n) is 3.24. The number of amides is 1. The summed E-state index contributed by atoms with van der Waals surface area (Å²) in [7, 11) is 0. The number of aromatic nitrogens is 1. The van der Waals surface area contributed by atoms with Crippen LogP contribution in [0, 0.1) is 12.8 Å². The van der Waals surface area contributed by atoms with E-state index in [1.807, 2.05) is 49.1 Å². The highest BCUT2D eigenvalue weighted by atomic mass is 16.2. The van der Waals surface area contributed by atoms with Crippen molar-refractivity contribution in [2.24, 2.45) is 11.7 Å². The van der Waals surface area contributed by atoms with Gasteiger partial charge in [-0.3, -0.25) is 4.79 Å². The minimum Gasteiger partial charge on any atom is -0.337 e. The summed E-state index contributed by atoms with van der Waals surface area (Å²) in [5, 5.41) is 1.10. The summed E-state index contributed by atoms with van der Waals surface area (Å²) in [6.07, 6.45) is 2.12. The zero-order valence-corrected chi connectivity index (χ0v) is 13.2. The maximum atomic E-state index is 12.8. The molecule has 2 atom stereocenters. The Bertz CT molecular complexity index is 696. The van der Waals surface area contributed by atoms with Gasteiger partial charge in [0.2, 0.25) is 0 Å². The number of nitrogens with two attached hydrogens (primary N) is 1. The van der Waals surface area contributed by atoms with Crippen LogP contribution in [-0.4, -0.2) is 34.9 Å². The molecule has 2 heterocycles. The number of hydrogen-bond donors (Lipinski definition) is 1. The maximum absolute atomic E-state index is 12.8. The summed E-state index contributed by atoms with van der Waals surface area (Å²) in [6.45, 7) is 5.60. The zero-order valence-electron chi connectivity index (χ0n) is 13.2. The third-order valence-corrected chi connectivity index (χ3v) is 4.63. The number of carbonyl (C=O) groups is 1. The van der Waals surface area contributed by atoms with Gasteiger partial charge in [0.15, 0.2) is 0 Å². The lowest BCUT2D eigenvalue weighted by Gasteiger charge is -2.34. The Morgan fingerprint density at radius 2 is 2.18 bits per heavy atom. The summed E-state index contributed by atoms with van der Waals surface area (Å²) in [5.41, 5.74) is 8.53. The number of hydrogen-bond acceptors (Lipinski definition) is 3. The quantitative estimate of drug-likeness (QED) is 0.927. The van der Waals surface area contributed by atoms with Crippen LogP contribution in [0.25, 0.3) is 10.9 Å². The molecular formula is C18H23N3O. The molecule has 1 fully saturated rings. The van der Waals surface area contributed by atoms with Gasteiger partial charge in [-0.25, -0.2) is 4.98 Å². The number of aryl methyl sites for hydroxylation is 1. The molecule has 1 aromatic carbocycles. The van der Waals surface area contributed by atoms with Gasteiger partial charge in [-0.15, -0.1) is 0 Å². The van der Waals surface area contributed by atoms with Crippen LogP contribution >= 0.6 is 0 Å². The number of benzene rings is 1. The van der Waals surface area contributed by atoms with E-state index in [-0.39, 0.29) is 11.9 Å². The predicted octanol–water partition coefficient (Wildman–Crippen LogP) is 2.74. The highest BCUT2D eigenvalue weighted by Crippen LogP contribution is 2.22. The van der Waals surface area contributed by atoms with E-state index in [4.69, 9.17) is 5.73 Å². The van der Waals surface area contributed by atoms with E-state index in [2.05, 4.69) is 4.98 Å². The van der Waals surface area contributed by atoms with Crippen LogP contribution in [0.15, 0.2) is 30.3 Å². The third-order valence-electron chi connectivity index (χ3n) is 4.63. The smallest absolute Gasteiger partial charge is 0.272 e. The number of para-hydroxylation sites is 1. The van der Waals surface area contributed by atoms with Crippen molar-refractivity contribution in [1.29, 1.82) is 0 Å². The monoisotopic (exact) mass is 297 g/mol. The molecule has 1 aromatic heterocycles. The number of carbonyl (C=O) groups excluding carboxylic acids is 1. The summed E-state index contributed by atoms with van der Waals surface area (Å²) < 4.78 is 0. The van der Waals surface area contributed by atoms with Crippen molar-refractivity contribution in [3.63, 3.8) is 0 Å².